The second-order valence-electron chi connectivity index (χ2n) is 9.31. The number of nitrogens with one attached hydrogen (secondary N) is 1. The lowest BCUT2D eigenvalue weighted by Gasteiger charge is -2.15. The van der Waals surface area contributed by atoms with Crippen molar-refractivity contribution in [1.29, 1.82) is 0 Å². The molecule has 0 fully saturated rings. The minimum absolute atomic E-state index is 0.163. The monoisotopic (exact) mass is 516 g/mol. The summed E-state index contributed by atoms with van der Waals surface area (Å²) in [5.41, 5.74) is 3.13. The first-order valence-electron chi connectivity index (χ1n) is 11.3. The number of rotatable bonds is 5. The van der Waals surface area contributed by atoms with Crippen LogP contribution in [0.1, 0.15) is 31.3 Å². The molecule has 0 bridgehead atoms. The van der Waals surface area contributed by atoms with Crippen LogP contribution in [0.5, 0.6) is 0 Å². The number of halogens is 2. The third-order valence-electron chi connectivity index (χ3n) is 5.66. The Kier molecular flexibility index (Phi) is 6.24. The number of carbonyl (C=O) groups is 1. The first-order chi connectivity index (χ1) is 17.2. The number of hydrogen-bond acceptors (Lipinski definition) is 6. The number of benzene rings is 2. The van der Waals surface area contributed by atoms with Gasteiger partial charge in [0, 0.05) is 39.0 Å². The van der Waals surface area contributed by atoms with Crippen LogP contribution in [0.4, 0.5) is 11.6 Å². The summed E-state index contributed by atoms with van der Waals surface area (Å²) in [6, 6.07) is 18.6. The lowest BCUT2D eigenvalue weighted by atomic mass is 9.89. The molecule has 0 atom stereocenters. The van der Waals surface area contributed by atoms with Crippen molar-refractivity contribution in [2.45, 2.75) is 20.8 Å². The second kappa shape index (κ2) is 9.37. The number of ketones is 1. The van der Waals surface area contributed by atoms with Crippen molar-refractivity contribution < 1.29 is 9.21 Å². The van der Waals surface area contributed by atoms with Crippen molar-refractivity contribution in [3.63, 3.8) is 0 Å². The smallest absolute Gasteiger partial charge is 0.229 e. The van der Waals surface area contributed by atoms with Crippen molar-refractivity contribution in [2.24, 2.45) is 5.41 Å². The Hall–Kier alpha value is -3.74. The Morgan fingerprint density at radius 1 is 0.917 bits per heavy atom. The molecule has 3 heterocycles. The highest BCUT2D eigenvalue weighted by molar-refractivity contribution is 6.33. The molecule has 0 aliphatic carbocycles. The molecule has 0 unspecified atom stereocenters. The molecule has 0 aliphatic heterocycles. The van der Waals surface area contributed by atoms with Crippen LogP contribution >= 0.6 is 23.2 Å². The predicted octanol–water partition coefficient (Wildman–Crippen LogP) is 8.23. The lowest BCUT2D eigenvalue weighted by molar-refractivity contribution is 0.0831. The van der Waals surface area contributed by atoms with E-state index < -0.39 is 5.41 Å². The molecule has 5 aromatic rings. The number of nitrogens with zero attached hydrogens (tertiary/aromatic N) is 3. The van der Waals surface area contributed by atoms with Crippen LogP contribution in [0.25, 0.3) is 33.5 Å². The number of fused-ring (bicyclic) bond motifs is 1. The quantitative estimate of drug-likeness (QED) is 0.237. The van der Waals surface area contributed by atoms with Gasteiger partial charge in [0.25, 0.3) is 0 Å². The third kappa shape index (κ3) is 4.57. The molecular weight excluding hydrogens is 495 g/mol. The number of Topliss-reactive ketones (excluding diaryl/α,β-unsaturated/α-hetero) is 1. The van der Waals surface area contributed by atoms with Crippen molar-refractivity contribution in [3.8, 4) is 22.4 Å². The van der Waals surface area contributed by atoms with Gasteiger partial charge < -0.3 is 9.73 Å². The maximum atomic E-state index is 13.4. The number of aromatic nitrogens is 3. The molecule has 36 heavy (non-hydrogen) atoms. The summed E-state index contributed by atoms with van der Waals surface area (Å²) < 4.78 is 6.13. The number of furan rings is 1. The Balaban J connectivity index is 1.82. The summed E-state index contributed by atoms with van der Waals surface area (Å²) in [7, 11) is 0. The zero-order valence-corrected chi connectivity index (χ0v) is 21.4. The van der Waals surface area contributed by atoms with Crippen LogP contribution in [0, 0.1) is 5.41 Å². The molecule has 0 saturated heterocycles. The molecular formula is C28H22Cl2N4O2. The summed E-state index contributed by atoms with van der Waals surface area (Å²) in [4.78, 5) is 26.8. The standard InChI is InChI=1S/C28H22Cl2N4O2/c1-28(2,3)25(35)24-23(34-27-31-13-6-14-32-27)20-15-19(16-9-11-17(29)12-10-16)22(33-26(20)36-24)18-7-4-5-8-21(18)30/h4-15H,1-3H3,(H,31,32,34). The lowest BCUT2D eigenvalue weighted by Crippen LogP contribution is -2.20. The summed E-state index contributed by atoms with van der Waals surface area (Å²) in [5.74, 6) is 0.327. The molecule has 3 aromatic heterocycles. The highest BCUT2D eigenvalue weighted by Crippen LogP contribution is 2.42. The maximum Gasteiger partial charge on any atom is 0.229 e. The summed E-state index contributed by atoms with van der Waals surface area (Å²) in [5, 5.41) is 4.98. The van der Waals surface area contributed by atoms with E-state index in [0.29, 0.717) is 38.5 Å². The Morgan fingerprint density at radius 3 is 2.28 bits per heavy atom. The van der Waals surface area contributed by atoms with Crippen molar-refractivity contribution in [3.05, 3.63) is 88.9 Å². The maximum absolute atomic E-state index is 13.4. The molecule has 6 nitrogen and oxygen atoms in total. The molecule has 5 rings (SSSR count). The number of hydrogen-bond donors (Lipinski definition) is 1. The fourth-order valence-electron chi connectivity index (χ4n) is 3.83. The highest BCUT2D eigenvalue weighted by Gasteiger charge is 2.31. The van der Waals surface area contributed by atoms with E-state index in [4.69, 9.17) is 32.6 Å². The van der Waals surface area contributed by atoms with Gasteiger partial charge in [-0.25, -0.2) is 15.0 Å². The SMILES string of the molecule is CC(C)(C)C(=O)c1oc2nc(-c3ccccc3Cl)c(-c3ccc(Cl)cc3)cc2c1Nc1ncccn1. The van der Waals surface area contributed by atoms with Gasteiger partial charge in [0.2, 0.25) is 17.4 Å². The fraction of sp³-hybridized carbons (Fsp3) is 0.143. The zero-order valence-electron chi connectivity index (χ0n) is 19.8. The van der Waals surface area contributed by atoms with E-state index in [1.54, 1.807) is 18.5 Å². The second-order valence-corrected chi connectivity index (χ2v) is 10.2. The molecule has 180 valence electrons. The average Bonchev–Trinajstić information content (AvgIpc) is 3.20. The van der Waals surface area contributed by atoms with Gasteiger partial charge in [-0.05, 0) is 35.9 Å². The van der Waals surface area contributed by atoms with Gasteiger partial charge in [0.15, 0.2) is 5.76 Å². The largest absolute Gasteiger partial charge is 0.432 e. The number of anilines is 2. The van der Waals surface area contributed by atoms with E-state index in [2.05, 4.69) is 15.3 Å². The summed E-state index contributed by atoms with van der Waals surface area (Å²) in [6.45, 7) is 5.52. The van der Waals surface area contributed by atoms with Gasteiger partial charge in [-0.2, -0.15) is 0 Å². The van der Waals surface area contributed by atoms with E-state index in [1.807, 2.05) is 75.4 Å². The van der Waals surface area contributed by atoms with Crippen LogP contribution in [-0.4, -0.2) is 20.7 Å². The Morgan fingerprint density at radius 2 is 1.61 bits per heavy atom. The normalized spacial score (nSPS) is 11.6. The molecule has 0 aliphatic rings. The molecule has 0 spiro atoms. The molecule has 1 N–H and O–H groups in total. The molecule has 0 radical (unpaired) electrons. The van der Waals surface area contributed by atoms with Gasteiger partial charge in [0.1, 0.15) is 5.69 Å². The first-order valence-corrected chi connectivity index (χ1v) is 12.0. The van der Waals surface area contributed by atoms with Gasteiger partial charge in [-0.1, -0.05) is 74.3 Å². The molecule has 0 amide bonds. The average molecular weight is 517 g/mol. The van der Waals surface area contributed by atoms with E-state index >= 15 is 0 Å². The van der Waals surface area contributed by atoms with Crippen molar-refractivity contribution in [2.75, 3.05) is 5.32 Å². The van der Waals surface area contributed by atoms with Crippen molar-refractivity contribution in [1.82, 2.24) is 15.0 Å². The molecule has 0 saturated carbocycles. The molecule has 8 heteroatoms. The van der Waals surface area contributed by atoms with Crippen LogP contribution in [0.3, 0.4) is 0 Å². The van der Waals surface area contributed by atoms with Gasteiger partial charge in [0.05, 0.1) is 11.1 Å². The van der Waals surface area contributed by atoms with E-state index in [9.17, 15) is 4.79 Å². The van der Waals surface area contributed by atoms with Crippen LogP contribution < -0.4 is 5.32 Å². The van der Waals surface area contributed by atoms with Crippen molar-refractivity contribution >= 4 is 51.7 Å². The fourth-order valence-corrected chi connectivity index (χ4v) is 4.18. The summed E-state index contributed by atoms with van der Waals surface area (Å²) >= 11 is 12.7. The van der Waals surface area contributed by atoms with Gasteiger partial charge in [-0.15, -0.1) is 0 Å². The van der Waals surface area contributed by atoms with E-state index in [1.165, 1.54) is 0 Å². The number of pyridine rings is 1. The Labute approximate surface area is 218 Å². The molecule has 2 aromatic carbocycles. The summed E-state index contributed by atoms with van der Waals surface area (Å²) in [6.07, 6.45) is 3.24. The minimum Gasteiger partial charge on any atom is -0.432 e. The van der Waals surface area contributed by atoms with Gasteiger partial charge >= 0.3 is 0 Å². The van der Waals surface area contributed by atoms with Crippen LogP contribution in [0.2, 0.25) is 10.0 Å². The zero-order chi connectivity index (χ0) is 25.4. The third-order valence-corrected chi connectivity index (χ3v) is 6.24. The van der Waals surface area contributed by atoms with E-state index in [0.717, 1.165) is 16.7 Å². The highest BCUT2D eigenvalue weighted by atomic mass is 35.5. The topological polar surface area (TPSA) is 80.9 Å². The van der Waals surface area contributed by atoms with Gasteiger partial charge in [-0.3, -0.25) is 4.79 Å². The van der Waals surface area contributed by atoms with E-state index in [-0.39, 0.29) is 11.5 Å². The van der Waals surface area contributed by atoms with Crippen LogP contribution in [0.15, 0.2) is 77.5 Å². The predicted molar refractivity (Wildman–Crippen MR) is 144 cm³/mol. The van der Waals surface area contributed by atoms with Crippen LogP contribution in [-0.2, 0) is 0 Å². The number of carbonyl (C=O) groups excluding carboxylic acids is 1. The minimum atomic E-state index is -0.688. The Bertz CT molecular complexity index is 1570. The first kappa shape index (κ1) is 24.0.